The van der Waals surface area contributed by atoms with Crippen LogP contribution < -0.4 is 15.0 Å². The van der Waals surface area contributed by atoms with Gasteiger partial charge in [-0.1, -0.05) is 23.7 Å². The van der Waals surface area contributed by atoms with Gasteiger partial charge in [-0.15, -0.1) is 0 Å². The van der Waals surface area contributed by atoms with Gasteiger partial charge in [0.1, 0.15) is 5.75 Å². The molecule has 1 aromatic carbocycles. The van der Waals surface area contributed by atoms with Crippen LogP contribution in [0.2, 0.25) is 5.02 Å². The van der Waals surface area contributed by atoms with E-state index in [1.807, 2.05) is 18.2 Å². The van der Waals surface area contributed by atoms with Gasteiger partial charge in [-0.05, 0) is 37.8 Å². The fourth-order valence-corrected chi connectivity index (χ4v) is 4.23. The van der Waals surface area contributed by atoms with E-state index < -0.39 is 0 Å². The first-order chi connectivity index (χ1) is 15.1. The molecule has 0 bridgehead atoms. The molecule has 0 aliphatic carbocycles. The van der Waals surface area contributed by atoms with Crippen molar-refractivity contribution >= 4 is 35.1 Å². The average Bonchev–Trinajstić information content (AvgIpc) is 3.34. The van der Waals surface area contributed by atoms with Crippen LogP contribution in [0.5, 0.6) is 5.75 Å². The largest absolute Gasteiger partial charge is 0.495 e. The lowest BCUT2D eigenvalue weighted by atomic mass is 9.95. The molecule has 2 aliphatic heterocycles. The number of hydrogen-bond donors (Lipinski definition) is 1. The van der Waals surface area contributed by atoms with Crippen LogP contribution in [0.25, 0.3) is 0 Å². The number of carbonyl (C=O) groups excluding carboxylic acids is 2. The van der Waals surface area contributed by atoms with Crippen molar-refractivity contribution < 1.29 is 14.3 Å². The molecule has 0 saturated carbocycles. The quantitative estimate of drug-likeness (QED) is 0.763. The Morgan fingerprint density at radius 1 is 1.13 bits per heavy atom. The summed E-state index contributed by atoms with van der Waals surface area (Å²) in [4.78, 5) is 38.3. The molecule has 0 radical (unpaired) electrons. The SMILES string of the molecule is COc1ccccc1NC(=O)C1CCN(C(=O)c2nc(N3CCCC3)ncc2Cl)CC1. The number of nitrogens with zero attached hydrogens (tertiary/aromatic N) is 4. The molecule has 2 aliphatic rings. The first-order valence-electron chi connectivity index (χ1n) is 10.6. The summed E-state index contributed by atoms with van der Waals surface area (Å²) in [5, 5.41) is 3.19. The minimum atomic E-state index is -0.212. The Bertz CT molecular complexity index is 956. The molecule has 31 heavy (non-hydrogen) atoms. The van der Waals surface area contributed by atoms with Crippen LogP contribution in [0.15, 0.2) is 30.5 Å². The van der Waals surface area contributed by atoms with Gasteiger partial charge in [-0.25, -0.2) is 9.97 Å². The van der Waals surface area contributed by atoms with E-state index >= 15 is 0 Å². The van der Waals surface area contributed by atoms with Crippen molar-refractivity contribution in [3.8, 4) is 5.75 Å². The molecule has 0 spiro atoms. The monoisotopic (exact) mass is 443 g/mol. The van der Waals surface area contributed by atoms with Gasteiger partial charge in [-0.2, -0.15) is 0 Å². The number of rotatable bonds is 5. The van der Waals surface area contributed by atoms with Gasteiger partial charge in [0.05, 0.1) is 24.0 Å². The molecule has 2 amide bonds. The van der Waals surface area contributed by atoms with Crippen molar-refractivity contribution in [3.05, 3.63) is 41.2 Å². The van der Waals surface area contributed by atoms with Crippen molar-refractivity contribution in [2.24, 2.45) is 5.92 Å². The van der Waals surface area contributed by atoms with Crippen molar-refractivity contribution in [3.63, 3.8) is 0 Å². The van der Waals surface area contributed by atoms with Crippen molar-refractivity contribution in [1.29, 1.82) is 0 Å². The van der Waals surface area contributed by atoms with Gasteiger partial charge in [0.25, 0.3) is 5.91 Å². The second kappa shape index (κ2) is 9.51. The highest BCUT2D eigenvalue weighted by Gasteiger charge is 2.30. The van der Waals surface area contributed by atoms with Gasteiger partial charge in [0.2, 0.25) is 11.9 Å². The summed E-state index contributed by atoms with van der Waals surface area (Å²) in [5.41, 5.74) is 0.881. The van der Waals surface area contributed by atoms with E-state index in [0.717, 1.165) is 25.9 Å². The number of anilines is 2. The summed E-state index contributed by atoms with van der Waals surface area (Å²) in [6.45, 7) is 2.73. The molecule has 4 rings (SSSR count). The Morgan fingerprint density at radius 2 is 1.84 bits per heavy atom. The van der Waals surface area contributed by atoms with Gasteiger partial charge < -0.3 is 19.9 Å². The van der Waals surface area contributed by atoms with E-state index in [1.165, 1.54) is 6.20 Å². The number of halogens is 1. The van der Waals surface area contributed by atoms with E-state index in [-0.39, 0.29) is 28.4 Å². The van der Waals surface area contributed by atoms with Crippen LogP contribution in [-0.2, 0) is 4.79 Å². The lowest BCUT2D eigenvalue weighted by Gasteiger charge is -2.31. The van der Waals surface area contributed by atoms with Crippen LogP contribution >= 0.6 is 11.6 Å². The second-order valence-corrected chi connectivity index (χ2v) is 8.22. The van der Waals surface area contributed by atoms with E-state index in [2.05, 4.69) is 20.2 Å². The molecule has 2 saturated heterocycles. The number of piperidine rings is 1. The molecule has 164 valence electrons. The van der Waals surface area contributed by atoms with Crippen LogP contribution in [0.1, 0.15) is 36.2 Å². The summed E-state index contributed by atoms with van der Waals surface area (Å²) in [7, 11) is 1.57. The Morgan fingerprint density at radius 3 is 2.55 bits per heavy atom. The molecular formula is C22H26ClN5O3. The standard InChI is InChI=1S/C22H26ClN5O3/c1-31-18-7-3-2-6-17(18)25-20(29)15-8-12-27(13-9-15)21(30)19-16(23)14-24-22(26-19)28-10-4-5-11-28/h2-3,6-7,14-15H,4-5,8-13H2,1H3,(H,25,29). The minimum Gasteiger partial charge on any atom is -0.495 e. The maximum atomic E-state index is 13.1. The lowest BCUT2D eigenvalue weighted by molar-refractivity contribution is -0.121. The lowest BCUT2D eigenvalue weighted by Crippen LogP contribution is -2.42. The number of likely N-dealkylation sites (tertiary alicyclic amines) is 1. The Hall–Kier alpha value is -2.87. The topological polar surface area (TPSA) is 87.7 Å². The third-order valence-corrected chi connectivity index (χ3v) is 6.12. The molecule has 1 N–H and O–H groups in total. The Kier molecular flexibility index (Phi) is 6.56. The zero-order chi connectivity index (χ0) is 21.8. The van der Waals surface area contributed by atoms with E-state index in [1.54, 1.807) is 18.1 Å². The van der Waals surface area contributed by atoms with E-state index in [0.29, 0.717) is 43.3 Å². The summed E-state index contributed by atoms with van der Waals surface area (Å²) >= 11 is 6.25. The molecule has 3 heterocycles. The predicted molar refractivity (Wildman–Crippen MR) is 119 cm³/mol. The molecule has 1 aromatic heterocycles. The van der Waals surface area contributed by atoms with Crippen LogP contribution in [0.4, 0.5) is 11.6 Å². The molecular weight excluding hydrogens is 418 g/mol. The van der Waals surface area contributed by atoms with E-state index in [4.69, 9.17) is 16.3 Å². The predicted octanol–water partition coefficient (Wildman–Crippen LogP) is 3.23. The number of para-hydroxylation sites is 2. The van der Waals surface area contributed by atoms with Crippen molar-refractivity contribution in [2.45, 2.75) is 25.7 Å². The number of benzene rings is 1. The second-order valence-electron chi connectivity index (χ2n) is 7.82. The number of nitrogens with one attached hydrogen (secondary N) is 1. The third kappa shape index (κ3) is 4.74. The first kappa shape index (κ1) is 21.4. The summed E-state index contributed by atoms with van der Waals surface area (Å²) in [6, 6.07) is 7.32. The van der Waals surface area contributed by atoms with Gasteiger partial charge in [0.15, 0.2) is 5.69 Å². The highest BCUT2D eigenvalue weighted by atomic mass is 35.5. The maximum Gasteiger partial charge on any atom is 0.274 e. The molecule has 8 nitrogen and oxygen atoms in total. The molecule has 2 aromatic rings. The van der Waals surface area contributed by atoms with Gasteiger partial charge in [-0.3, -0.25) is 9.59 Å². The summed E-state index contributed by atoms with van der Waals surface area (Å²) in [5.74, 6) is 0.728. The molecule has 2 fully saturated rings. The Labute approximate surface area is 186 Å². The number of ether oxygens (including phenoxy) is 1. The number of methoxy groups -OCH3 is 1. The molecule has 9 heteroatoms. The van der Waals surface area contributed by atoms with Gasteiger partial charge in [0, 0.05) is 32.1 Å². The van der Waals surface area contributed by atoms with E-state index in [9.17, 15) is 9.59 Å². The zero-order valence-corrected chi connectivity index (χ0v) is 18.3. The highest BCUT2D eigenvalue weighted by molar-refractivity contribution is 6.33. The smallest absolute Gasteiger partial charge is 0.274 e. The summed E-state index contributed by atoms with van der Waals surface area (Å²) < 4.78 is 5.29. The summed E-state index contributed by atoms with van der Waals surface area (Å²) in [6.07, 6.45) is 4.85. The van der Waals surface area contributed by atoms with Gasteiger partial charge >= 0.3 is 0 Å². The number of aromatic nitrogens is 2. The molecule has 0 atom stereocenters. The first-order valence-corrected chi connectivity index (χ1v) is 10.9. The third-order valence-electron chi connectivity index (χ3n) is 5.84. The van der Waals surface area contributed by atoms with Crippen molar-refractivity contribution in [1.82, 2.24) is 14.9 Å². The van der Waals surface area contributed by atoms with Crippen LogP contribution in [-0.4, -0.2) is 60.0 Å². The highest BCUT2D eigenvalue weighted by Crippen LogP contribution is 2.27. The molecule has 0 unspecified atom stereocenters. The zero-order valence-electron chi connectivity index (χ0n) is 17.5. The number of amides is 2. The number of carbonyl (C=O) groups is 2. The normalized spacial score (nSPS) is 17.0. The van der Waals surface area contributed by atoms with Crippen LogP contribution in [0, 0.1) is 5.92 Å². The van der Waals surface area contributed by atoms with Crippen LogP contribution in [0.3, 0.4) is 0 Å². The fourth-order valence-electron chi connectivity index (χ4n) is 4.05. The minimum absolute atomic E-state index is 0.0620. The Balaban J connectivity index is 1.38. The van der Waals surface area contributed by atoms with Crippen molar-refractivity contribution in [2.75, 3.05) is 43.5 Å². The average molecular weight is 444 g/mol. The maximum absolute atomic E-state index is 13.1. The fraction of sp³-hybridized carbons (Fsp3) is 0.455. The number of hydrogen-bond acceptors (Lipinski definition) is 6.